The van der Waals surface area contributed by atoms with Gasteiger partial charge in [0.05, 0.1) is 22.4 Å². The fourth-order valence-corrected chi connectivity index (χ4v) is 9.20. The van der Waals surface area contributed by atoms with Crippen LogP contribution >= 0.6 is 0 Å². The monoisotopic (exact) mass is 749 g/mol. The predicted molar refractivity (Wildman–Crippen MR) is 248 cm³/mol. The fraction of sp³-hybridized carbons (Fsp3) is 0. The van der Waals surface area contributed by atoms with Crippen molar-refractivity contribution in [2.24, 2.45) is 0 Å². The van der Waals surface area contributed by atoms with E-state index in [1.165, 1.54) is 65.1 Å². The summed E-state index contributed by atoms with van der Waals surface area (Å²) in [6, 6.07) is 76.3. The number of fused-ring (bicyclic) bond motifs is 10. The van der Waals surface area contributed by atoms with E-state index >= 15 is 0 Å². The molecular formula is C56H35N3. The molecule has 0 spiro atoms. The summed E-state index contributed by atoms with van der Waals surface area (Å²) in [6.45, 7) is 0. The number of hydrogen-bond donors (Lipinski definition) is 0. The summed E-state index contributed by atoms with van der Waals surface area (Å²) in [5.41, 5.74) is 10.8. The van der Waals surface area contributed by atoms with E-state index in [2.05, 4.69) is 205 Å². The Bertz CT molecular complexity index is 3550. The van der Waals surface area contributed by atoms with Crippen LogP contribution in [0.4, 0.5) is 0 Å². The third kappa shape index (κ3) is 5.44. The fourth-order valence-electron chi connectivity index (χ4n) is 9.20. The van der Waals surface area contributed by atoms with Crippen LogP contribution in [-0.2, 0) is 0 Å². The van der Waals surface area contributed by atoms with Crippen LogP contribution in [0.2, 0.25) is 0 Å². The summed E-state index contributed by atoms with van der Waals surface area (Å²) in [5.74, 6) is 0.709. The molecule has 0 atom stereocenters. The zero-order chi connectivity index (χ0) is 38.9. The minimum absolute atomic E-state index is 0.709. The normalized spacial score (nSPS) is 11.7. The van der Waals surface area contributed by atoms with Gasteiger partial charge in [-0.2, -0.15) is 0 Å². The topological polar surface area (TPSA) is 30.7 Å². The van der Waals surface area contributed by atoms with E-state index < -0.39 is 0 Å². The molecule has 0 aliphatic carbocycles. The third-order valence-electron chi connectivity index (χ3n) is 12.0. The van der Waals surface area contributed by atoms with Crippen LogP contribution in [0.25, 0.3) is 116 Å². The number of benzene rings is 10. The van der Waals surface area contributed by atoms with Crippen molar-refractivity contribution < 1.29 is 0 Å². The molecule has 0 saturated heterocycles. The Labute approximate surface area is 341 Å². The van der Waals surface area contributed by atoms with Crippen LogP contribution in [0.1, 0.15) is 0 Å². The minimum atomic E-state index is 0.709. The van der Waals surface area contributed by atoms with Crippen molar-refractivity contribution in [2.75, 3.05) is 0 Å². The maximum atomic E-state index is 5.31. The van der Waals surface area contributed by atoms with Crippen molar-refractivity contribution in [1.82, 2.24) is 14.5 Å². The van der Waals surface area contributed by atoms with Gasteiger partial charge in [0.2, 0.25) is 0 Å². The van der Waals surface area contributed by atoms with E-state index in [1.54, 1.807) is 0 Å². The average Bonchev–Trinajstić information content (AvgIpc) is 3.65. The Morgan fingerprint density at radius 2 is 0.864 bits per heavy atom. The first-order valence-corrected chi connectivity index (χ1v) is 20.2. The maximum Gasteiger partial charge on any atom is 0.161 e. The molecule has 0 bridgehead atoms. The molecule has 3 nitrogen and oxygen atoms in total. The summed E-state index contributed by atoms with van der Waals surface area (Å²) < 4.78 is 2.40. The average molecular weight is 750 g/mol. The second kappa shape index (κ2) is 13.4. The summed E-state index contributed by atoms with van der Waals surface area (Å²) in [7, 11) is 0. The van der Waals surface area contributed by atoms with Crippen molar-refractivity contribution in [3.05, 3.63) is 212 Å². The van der Waals surface area contributed by atoms with Gasteiger partial charge < -0.3 is 4.57 Å². The van der Waals surface area contributed by atoms with Gasteiger partial charge in [-0.25, -0.2) is 9.97 Å². The number of aromatic nitrogens is 3. The molecule has 2 heterocycles. The van der Waals surface area contributed by atoms with Gasteiger partial charge in [-0.3, -0.25) is 0 Å². The van der Waals surface area contributed by atoms with Crippen LogP contribution in [0, 0.1) is 0 Å². The molecule has 0 saturated carbocycles. The predicted octanol–water partition coefficient (Wildman–Crippen LogP) is 14.9. The van der Waals surface area contributed by atoms with E-state index in [0.29, 0.717) is 5.82 Å². The maximum absolute atomic E-state index is 5.31. The zero-order valence-corrected chi connectivity index (χ0v) is 32.0. The van der Waals surface area contributed by atoms with Crippen molar-refractivity contribution in [3.8, 4) is 50.7 Å². The zero-order valence-electron chi connectivity index (χ0n) is 32.0. The van der Waals surface area contributed by atoms with E-state index in [9.17, 15) is 0 Å². The van der Waals surface area contributed by atoms with Gasteiger partial charge in [0.25, 0.3) is 0 Å². The van der Waals surface area contributed by atoms with Gasteiger partial charge in [0, 0.05) is 38.5 Å². The van der Waals surface area contributed by atoms with Gasteiger partial charge in [-0.05, 0) is 91.3 Å². The quantitative estimate of drug-likeness (QED) is 0.164. The van der Waals surface area contributed by atoms with E-state index in [4.69, 9.17) is 9.97 Å². The summed E-state index contributed by atoms with van der Waals surface area (Å²) >= 11 is 0. The van der Waals surface area contributed by atoms with E-state index in [1.807, 2.05) is 12.1 Å². The van der Waals surface area contributed by atoms with Gasteiger partial charge in [0.1, 0.15) is 0 Å². The van der Waals surface area contributed by atoms with Crippen LogP contribution in [0.15, 0.2) is 212 Å². The first kappa shape index (κ1) is 33.3. The summed E-state index contributed by atoms with van der Waals surface area (Å²) in [5, 5.41) is 12.1. The van der Waals surface area contributed by atoms with Gasteiger partial charge in [-0.1, -0.05) is 170 Å². The minimum Gasteiger partial charge on any atom is -0.309 e. The molecule has 12 aromatic rings. The number of rotatable bonds is 5. The molecule has 2 aromatic heterocycles. The molecule has 0 radical (unpaired) electrons. The standard InChI is InChI=1S/C56H35N3/c1-3-15-37(16-4-1)51-35-52(38-17-5-2-6-18-38)58-56(57-51)48-24-13-23-47-44-21-10-9-20-43(44)45-30-27-40(34-50(45)55(47)48)41-28-31-54-49(33-41)46-22-11-12-25-53(46)59(54)42-29-26-36-14-7-8-19-39(36)32-42/h1-35H. The van der Waals surface area contributed by atoms with Crippen molar-refractivity contribution in [2.45, 2.75) is 0 Å². The third-order valence-corrected chi connectivity index (χ3v) is 12.0. The van der Waals surface area contributed by atoms with E-state index in [0.717, 1.165) is 44.7 Å². The smallest absolute Gasteiger partial charge is 0.161 e. The molecule has 3 heteroatoms. The lowest BCUT2D eigenvalue weighted by Crippen LogP contribution is -1.97. The lowest BCUT2D eigenvalue weighted by Gasteiger charge is -2.16. The Balaban J connectivity index is 1.10. The summed E-state index contributed by atoms with van der Waals surface area (Å²) in [6.07, 6.45) is 0. The molecule has 0 aliphatic heterocycles. The van der Waals surface area contributed by atoms with Crippen molar-refractivity contribution in [3.63, 3.8) is 0 Å². The molecule has 0 aliphatic rings. The first-order valence-electron chi connectivity index (χ1n) is 20.2. The van der Waals surface area contributed by atoms with Crippen LogP contribution in [0.5, 0.6) is 0 Å². The molecule has 0 fully saturated rings. The highest BCUT2D eigenvalue weighted by Crippen LogP contribution is 2.43. The Kier molecular flexibility index (Phi) is 7.54. The Hall–Kier alpha value is -7.88. The number of nitrogens with zero attached hydrogens (tertiary/aromatic N) is 3. The SMILES string of the molecule is c1ccc(-c2cc(-c3ccccc3)nc(-c3cccc4c5ccccc5c5ccc(-c6ccc7c(c6)c6ccccc6n7-c6ccc7ccccc7c6)cc5c34)n2)cc1. The molecule has 59 heavy (non-hydrogen) atoms. The highest BCUT2D eigenvalue weighted by atomic mass is 15.0. The number of hydrogen-bond acceptors (Lipinski definition) is 2. The largest absolute Gasteiger partial charge is 0.309 e. The van der Waals surface area contributed by atoms with Crippen LogP contribution < -0.4 is 0 Å². The molecule has 0 amide bonds. The van der Waals surface area contributed by atoms with Crippen molar-refractivity contribution in [1.29, 1.82) is 0 Å². The van der Waals surface area contributed by atoms with Crippen molar-refractivity contribution >= 4 is 64.9 Å². The lowest BCUT2D eigenvalue weighted by atomic mass is 9.89. The second-order valence-corrected chi connectivity index (χ2v) is 15.3. The van der Waals surface area contributed by atoms with Crippen LogP contribution in [-0.4, -0.2) is 14.5 Å². The van der Waals surface area contributed by atoms with Gasteiger partial charge in [-0.15, -0.1) is 0 Å². The molecule has 12 rings (SSSR count). The molecular weight excluding hydrogens is 715 g/mol. The highest BCUT2D eigenvalue weighted by molar-refractivity contribution is 6.28. The number of para-hydroxylation sites is 1. The van der Waals surface area contributed by atoms with Gasteiger partial charge >= 0.3 is 0 Å². The van der Waals surface area contributed by atoms with Gasteiger partial charge in [0.15, 0.2) is 5.82 Å². The molecule has 0 unspecified atom stereocenters. The lowest BCUT2D eigenvalue weighted by molar-refractivity contribution is 1.19. The van der Waals surface area contributed by atoms with E-state index in [-0.39, 0.29) is 0 Å². The Morgan fingerprint density at radius 3 is 1.61 bits per heavy atom. The molecule has 274 valence electrons. The second-order valence-electron chi connectivity index (χ2n) is 15.3. The van der Waals surface area contributed by atoms with Crippen LogP contribution in [0.3, 0.4) is 0 Å². The molecule has 0 N–H and O–H groups in total. The summed E-state index contributed by atoms with van der Waals surface area (Å²) in [4.78, 5) is 10.6. The Morgan fingerprint density at radius 1 is 0.305 bits per heavy atom. The molecule has 10 aromatic carbocycles. The highest BCUT2D eigenvalue weighted by Gasteiger charge is 2.19. The first-order chi connectivity index (χ1) is 29.2.